The fraction of sp³-hybridized carbons (Fsp3) is 0.611. The van der Waals surface area contributed by atoms with Gasteiger partial charge in [-0.05, 0) is 37.1 Å². The van der Waals surface area contributed by atoms with Crippen molar-refractivity contribution in [3.8, 4) is 0 Å². The minimum absolute atomic E-state index is 0.0741. The molecule has 1 heterocycles. The van der Waals surface area contributed by atoms with Gasteiger partial charge in [0.1, 0.15) is 0 Å². The van der Waals surface area contributed by atoms with Gasteiger partial charge in [-0.1, -0.05) is 38.1 Å². The maximum atomic E-state index is 12.3. The van der Waals surface area contributed by atoms with E-state index < -0.39 is 5.54 Å². The topological polar surface area (TPSA) is 67.6 Å². The van der Waals surface area contributed by atoms with Gasteiger partial charge in [0.2, 0.25) is 5.91 Å². The van der Waals surface area contributed by atoms with Gasteiger partial charge in [0.15, 0.2) is 0 Å². The Hall–Kier alpha value is -1.43. The van der Waals surface area contributed by atoms with Crippen LogP contribution in [-0.2, 0) is 22.6 Å². The number of rotatable bonds is 7. The highest BCUT2D eigenvalue weighted by Gasteiger charge is 2.35. The van der Waals surface area contributed by atoms with Crippen molar-refractivity contribution in [3.63, 3.8) is 0 Å². The predicted octanol–water partition coefficient (Wildman–Crippen LogP) is 1.65. The third-order valence-corrected chi connectivity index (χ3v) is 4.58. The summed E-state index contributed by atoms with van der Waals surface area (Å²) < 4.78 is 5.29. The SMILES string of the molecule is CCN(CC)Cc1cccc(CNC(=O)C2(N)CCOCC2)c1. The van der Waals surface area contributed by atoms with Crippen molar-refractivity contribution in [2.24, 2.45) is 5.73 Å². The first-order valence-corrected chi connectivity index (χ1v) is 8.52. The Kier molecular flexibility index (Phi) is 6.57. The van der Waals surface area contributed by atoms with Gasteiger partial charge in [-0.25, -0.2) is 0 Å². The van der Waals surface area contributed by atoms with Crippen LogP contribution in [0.15, 0.2) is 24.3 Å². The number of benzene rings is 1. The van der Waals surface area contributed by atoms with Gasteiger partial charge < -0.3 is 15.8 Å². The summed E-state index contributed by atoms with van der Waals surface area (Å²) in [7, 11) is 0. The normalized spacial score (nSPS) is 17.2. The third-order valence-electron chi connectivity index (χ3n) is 4.58. The summed E-state index contributed by atoms with van der Waals surface area (Å²) in [5.41, 5.74) is 7.80. The highest BCUT2D eigenvalue weighted by Crippen LogP contribution is 2.18. The molecule has 0 spiro atoms. The second kappa shape index (κ2) is 8.43. The number of nitrogens with one attached hydrogen (secondary N) is 1. The smallest absolute Gasteiger partial charge is 0.240 e. The minimum atomic E-state index is -0.781. The molecule has 5 heteroatoms. The first-order valence-electron chi connectivity index (χ1n) is 8.52. The lowest BCUT2D eigenvalue weighted by molar-refractivity contribution is -0.129. The van der Waals surface area contributed by atoms with E-state index in [2.05, 4.69) is 36.2 Å². The van der Waals surface area contributed by atoms with E-state index in [9.17, 15) is 4.79 Å². The Morgan fingerprint density at radius 1 is 1.26 bits per heavy atom. The molecule has 0 saturated carbocycles. The Morgan fingerprint density at radius 2 is 1.91 bits per heavy atom. The summed E-state index contributed by atoms with van der Waals surface area (Å²) in [5.74, 6) is -0.0741. The molecular weight excluding hydrogens is 290 g/mol. The number of nitrogens with two attached hydrogens (primary N) is 1. The summed E-state index contributed by atoms with van der Waals surface area (Å²) >= 11 is 0. The van der Waals surface area contributed by atoms with Gasteiger partial charge in [-0.2, -0.15) is 0 Å². The molecule has 0 aliphatic carbocycles. The number of hydrogen-bond acceptors (Lipinski definition) is 4. The maximum absolute atomic E-state index is 12.3. The minimum Gasteiger partial charge on any atom is -0.381 e. The van der Waals surface area contributed by atoms with Crippen LogP contribution in [0.5, 0.6) is 0 Å². The van der Waals surface area contributed by atoms with Gasteiger partial charge in [-0.3, -0.25) is 9.69 Å². The summed E-state index contributed by atoms with van der Waals surface area (Å²) in [4.78, 5) is 14.7. The number of hydrogen-bond donors (Lipinski definition) is 2. The van der Waals surface area contributed by atoms with Crippen molar-refractivity contribution in [1.29, 1.82) is 0 Å². The number of carbonyl (C=O) groups excluding carboxylic acids is 1. The molecule has 1 aromatic carbocycles. The lowest BCUT2D eigenvalue weighted by atomic mass is 9.90. The molecular formula is C18H29N3O2. The summed E-state index contributed by atoms with van der Waals surface area (Å²) in [6.45, 7) is 8.99. The molecule has 128 valence electrons. The van der Waals surface area contributed by atoms with Crippen LogP contribution in [0.25, 0.3) is 0 Å². The highest BCUT2D eigenvalue weighted by molar-refractivity contribution is 5.86. The van der Waals surface area contributed by atoms with Crippen molar-refractivity contribution in [2.75, 3.05) is 26.3 Å². The standard InChI is InChI=1S/C18H29N3O2/c1-3-21(4-2)14-16-7-5-6-15(12-16)13-20-17(22)18(19)8-10-23-11-9-18/h5-7,12H,3-4,8-11,13-14,19H2,1-2H3,(H,20,22). The van der Waals surface area contributed by atoms with Crippen LogP contribution in [0, 0.1) is 0 Å². The van der Waals surface area contributed by atoms with Crippen molar-refractivity contribution < 1.29 is 9.53 Å². The molecule has 23 heavy (non-hydrogen) atoms. The van der Waals surface area contributed by atoms with Crippen molar-refractivity contribution in [3.05, 3.63) is 35.4 Å². The average molecular weight is 319 g/mol. The van der Waals surface area contributed by atoms with E-state index in [1.54, 1.807) is 0 Å². The van der Waals surface area contributed by atoms with E-state index in [4.69, 9.17) is 10.5 Å². The Labute approximate surface area is 139 Å². The van der Waals surface area contributed by atoms with Crippen molar-refractivity contribution >= 4 is 5.91 Å². The van der Waals surface area contributed by atoms with Crippen LogP contribution < -0.4 is 11.1 Å². The lowest BCUT2D eigenvalue weighted by Gasteiger charge is -2.31. The number of carbonyl (C=O) groups is 1. The highest BCUT2D eigenvalue weighted by atomic mass is 16.5. The van der Waals surface area contributed by atoms with E-state index in [1.165, 1.54) is 5.56 Å². The predicted molar refractivity (Wildman–Crippen MR) is 91.9 cm³/mol. The first kappa shape index (κ1) is 17.9. The zero-order valence-electron chi connectivity index (χ0n) is 14.3. The zero-order chi connectivity index (χ0) is 16.7. The molecule has 0 bridgehead atoms. The molecule has 0 aromatic heterocycles. The summed E-state index contributed by atoms with van der Waals surface area (Å²) in [6.07, 6.45) is 1.17. The molecule has 0 atom stereocenters. The fourth-order valence-electron chi connectivity index (χ4n) is 2.86. The van der Waals surface area contributed by atoms with E-state index >= 15 is 0 Å². The number of amides is 1. The molecule has 0 radical (unpaired) electrons. The van der Waals surface area contributed by atoms with Gasteiger partial charge in [-0.15, -0.1) is 0 Å². The van der Waals surface area contributed by atoms with Crippen LogP contribution in [0.2, 0.25) is 0 Å². The quantitative estimate of drug-likeness (QED) is 0.802. The van der Waals surface area contributed by atoms with Crippen LogP contribution in [0.1, 0.15) is 37.8 Å². The molecule has 1 amide bonds. The lowest BCUT2D eigenvalue weighted by Crippen LogP contribution is -2.56. The molecule has 1 aliphatic heterocycles. The van der Waals surface area contributed by atoms with E-state index in [0.29, 0.717) is 32.6 Å². The first-order chi connectivity index (χ1) is 11.1. The molecule has 0 unspecified atom stereocenters. The molecule has 1 aliphatic rings. The van der Waals surface area contributed by atoms with Crippen LogP contribution in [0.3, 0.4) is 0 Å². The van der Waals surface area contributed by atoms with E-state index in [-0.39, 0.29) is 5.91 Å². The Bertz CT molecular complexity index is 509. The van der Waals surface area contributed by atoms with Crippen LogP contribution >= 0.6 is 0 Å². The zero-order valence-corrected chi connectivity index (χ0v) is 14.3. The third kappa shape index (κ3) is 5.03. The molecule has 5 nitrogen and oxygen atoms in total. The fourth-order valence-corrected chi connectivity index (χ4v) is 2.86. The summed E-state index contributed by atoms with van der Waals surface area (Å²) in [6, 6.07) is 8.38. The van der Waals surface area contributed by atoms with E-state index in [1.807, 2.05) is 12.1 Å². The van der Waals surface area contributed by atoms with Gasteiger partial charge in [0, 0.05) is 26.3 Å². The van der Waals surface area contributed by atoms with Crippen LogP contribution in [0.4, 0.5) is 0 Å². The Morgan fingerprint density at radius 3 is 2.57 bits per heavy atom. The molecule has 1 fully saturated rings. The largest absolute Gasteiger partial charge is 0.381 e. The second-order valence-corrected chi connectivity index (χ2v) is 6.23. The van der Waals surface area contributed by atoms with Gasteiger partial charge in [0.05, 0.1) is 5.54 Å². The second-order valence-electron chi connectivity index (χ2n) is 6.23. The van der Waals surface area contributed by atoms with Crippen molar-refractivity contribution in [2.45, 2.75) is 45.3 Å². The summed E-state index contributed by atoms with van der Waals surface area (Å²) in [5, 5.41) is 2.98. The molecule has 1 saturated heterocycles. The van der Waals surface area contributed by atoms with E-state index in [0.717, 1.165) is 25.2 Å². The molecule has 3 N–H and O–H groups in total. The molecule has 1 aromatic rings. The van der Waals surface area contributed by atoms with Crippen LogP contribution in [-0.4, -0.2) is 42.6 Å². The molecule has 2 rings (SSSR count). The average Bonchev–Trinajstić information content (AvgIpc) is 2.58. The van der Waals surface area contributed by atoms with Crippen molar-refractivity contribution in [1.82, 2.24) is 10.2 Å². The van der Waals surface area contributed by atoms with Gasteiger partial charge in [0.25, 0.3) is 0 Å². The van der Waals surface area contributed by atoms with Gasteiger partial charge >= 0.3 is 0 Å². The number of nitrogens with zero attached hydrogens (tertiary/aromatic N) is 1. The maximum Gasteiger partial charge on any atom is 0.240 e. The Balaban J connectivity index is 1.91. The monoisotopic (exact) mass is 319 g/mol. The number of ether oxygens (including phenoxy) is 1.